The molecule has 0 aliphatic heterocycles. The van der Waals surface area contributed by atoms with Gasteiger partial charge < -0.3 is 20.9 Å². The van der Waals surface area contributed by atoms with Crippen molar-refractivity contribution in [2.45, 2.75) is 25.4 Å². The van der Waals surface area contributed by atoms with Gasteiger partial charge in [-0.25, -0.2) is 4.98 Å². The number of carbonyl (C=O) groups is 1. The van der Waals surface area contributed by atoms with Crippen molar-refractivity contribution >= 4 is 5.91 Å². The standard InChI is InChI=1S/C18H23N3O3/c1-12-5-3-4-6-14(12)16(11-22)21-17(23)9-15(19)13-7-8-18(24-2)20-10-13/h3-8,10,15-16,22H,9,11,19H2,1-2H3,(H,21,23). The third-order valence-corrected chi connectivity index (χ3v) is 3.88. The van der Waals surface area contributed by atoms with Gasteiger partial charge in [-0.3, -0.25) is 4.79 Å². The van der Waals surface area contributed by atoms with E-state index in [4.69, 9.17) is 10.5 Å². The van der Waals surface area contributed by atoms with Gasteiger partial charge in [0.15, 0.2) is 0 Å². The summed E-state index contributed by atoms with van der Waals surface area (Å²) in [7, 11) is 1.54. The van der Waals surface area contributed by atoms with Crippen molar-refractivity contribution in [2.24, 2.45) is 5.73 Å². The molecule has 0 bridgehead atoms. The van der Waals surface area contributed by atoms with E-state index in [1.54, 1.807) is 18.3 Å². The summed E-state index contributed by atoms with van der Waals surface area (Å²) in [6, 6.07) is 10.2. The van der Waals surface area contributed by atoms with E-state index < -0.39 is 12.1 Å². The fourth-order valence-electron chi connectivity index (χ4n) is 2.50. The molecule has 6 nitrogen and oxygen atoms in total. The van der Waals surface area contributed by atoms with E-state index in [9.17, 15) is 9.90 Å². The molecule has 4 N–H and O–H groups in total. The number of methoxy groups -OCH3 is 1. The number of nitrogens with two attached hydrogens (primary N) is 1. The van der Waals surface area contributed by atoms with E-state index >= 15 is 0 Å². The van der Waals surface area contributed by atoms with Crippen LogP contribution in [0.5, 0.6) is 5.88 Å². The lowest BCUT2D eigenvalue weighted by molar-refractivity contribution is -0.122. The first-order valence-corrected chi connectivity index (χ1v) is 7.76. The third-order valence-electron chi connectivity index (χ3n) is 3.88. The molecule has 0 aliphatic rings. The first kappa shape index (κ1) is 17.9. The summed E-state index contributed by atoms with van der Waals surface area (Å²) in [5.74, 6) is 0.274. The molecule has 128 valence electrons. The van der Waals surface area contributed by atoms with Gasteiger partial charge in [0.1, 0.15) is 0 Å². The van der Waals surface area contributed by atoms with Crippen molar-refractivity contribution < 1.29 is 14.6 Å². The van der Waals surface area contributed by atoms with Gasteiger partial charge in [0.25, 0.3) is 0 Å². The lowest BCUT2D eigenvalue weighted by Gasteiger charge is -2.20. The maximum Gasteiger partial charge on any atom is 0.222 e. The number of nitrogens with zero attached hydrogens (tertiary/aromatic N) is 1. The Bertz CT molecular complexity index is 673. The van der Waals surface area contributed by atoms with Crippen LogP contribution in [0.3, 0.4) is 0 Å². The fraction of sp³-hybridized carbons (Fsp3) is 0.333. The molecule has 0 spiro atoms. The second-order valence-electron chi connectivity index (χ2n) is 5.60. The number of aromatic nitrogens is 1. The molecule has 24 heavy (non-hydrogen) atoms. The molecule has 0 saturated heterocycles. The van der Waals surface area contributed by atoms with Gasteiger partial charge in [-0.05, 0) is 23.6 Å². The largest absolute Gasteiger partial charge is 0.481 e. The van der Waals surface area contributed by atoms with Crippen LogP contribution in [0.2, 0.25) is 0 Å². The van der Waals surface area contributed by atoms with Gasteiger partial charge in [0.2, 0.25) is 11.8 Å². The van der Waals surface area contributed by atoms with Crippen LogP contribution in [-0.2, 0) is 4.79 Å². The van der Waals surface area contributed by atoms with Gasteiger partial charge in [0, 0.05) is 24.7 Å². The van der Waals surface area contributed by atoms with Crippen LogP contribution in [0.4, 0.5) is 0 Å². The maximum absolute atomic E-state index is 12.3. The van der Waals surface area contributed by atoms with E-state index in [-0.39, 0.29) is 18.9 Å². The highest BCUT2D eigenvalue weighted by Crippen LogP contribution is 2.19. The highest BCUT2D eigenvalue weighted by molar-refractivity contribution is 5.77. The second-order valence-corrected chi connectivity index (χ2v) is 5.60. The number of aryl methyl sites for hydroxylation is 1. The molecular formula is C18H23N3O3. The number of hydrogen-bond donors (Lipinski definition) is 3. The van der Waals surface area contributed by atoms with Crippen LogP contribution in [0, 0.1) is 6.92 Å². The molecule has 2 aromatic rings. The van der Waals surface area contributed by atoms with E-state index in [1.165, 1.54) is 7.11 Å². The van der Waals surface area contributed by atoms with Gasteiger partial charge in [-0.15, -0.1) is 0 Å². The molecule has 6 heteroatoms. The smallest absolute Gasteiger partial charge is 0.222 e. The predicted octanol–water partition coefficient (Wildman–Crippen LogP) is 1.64. The number of aliphatic hydroxyl groups is 1. The zero-order chi connectivity index (χ0) is 17.5. The highest BCUT2D eigenvalue weighted by Gasteiger charge is 2.18. The minimum absolute atomic E-state index is 0.108. The molecular weight excluding hydrogens is 306 g/mol. The van der Waals surface area contributed by atoms with E-state index in [0.717, 1.165) is 16.7 Å². The van der Waals surface area contributed by atoms with Crippen LogP contribution >= 0.6 is 0 Å². The average molecular weight is 329 g/mol. The fourth-order valence-corrected chi connectivity index (χ4v) is 2.50. The summed E-state index contributed by atoms with van der Waals surface area (Å²) in [4.78, 5) is 16.3. The number of ether oxygens (including phenoxy) is 1. The van der Waals surface area contributed by atoms with Crippen LogP contribution in [-0.4, -0.2) is 29.7 Å². The zero-order valence-electron chi connectivity index (χ0n) is 13.9. The highest BCUT2D eigenvalue weighted by atomic mass is 16.5. The van der Waals surface area contributed by atoms with Crippen LogP contribution in [0.1, 0.15) is 35.2 Å². The zero-order valence-corrected chi connectivity index (χ0v) is 13.9. The van der Waals surface area contributed by atoms with Crippen molar-refractivity contribution in [3.8, 4) is 5.88 Å². The summed E-state index contributed by atoms with van der Waals surface area (Å²) in [5.41, 5.74) is 8.73. The van der Waals surface area contributed by atoms with E-state index in [2.05, 4.69) is 10.3 Å². The summed E-state index contributed by atoms with van der Waals surface area (Å²) in [6.07, 6.45) is 1.71. The Kier molecular flexibility index (Phi) is 6.28. The third kappa shape index (κ3) is 4.53. The number of nitrogens with one attached hydrogen (secondary N) is 1. The van der Waals surface area contributed by atoms with E-state index in [1.807, 2.05) is 31.2 Å². The topological polar surface area (TPSA) is 97.5 Å². The average Bonchev–Trinajstić information content (AvgIpc) is 2.60. The monoisotopic (exact) mass is 329 g/mol. The quantitative estimate of drug-likeness (QED) is 0.717. The van der Waals surface area contributed by atoms with Crippen molar-refractivity contribution in [1.82, 2.24) is 10.3 Å². The molecule has 1 heterocycles. The van der Waals surface area contributed by atoms with Crippen molar-refractivity contribution in [1.29, 1.82) is 0 Å². The molecule has 2 atom stereocenters. The summed E-state index contributed by atoms with van der Waals surface area (Å²) in [6.45, 7) is 1.77. The lowest BCUT2D eigenvalue weighted by Crippen LogP contribution is -2.33. The van der Waals surface area contributed by atoms with Gasteiger partial charge >= 0.3 is 0 Å². The van der Waals surface area contributed by atoms with Crippen molar-refractivity contribution in [2.75, 3.05) is 13.7 Å². The molecule has 2 rings (SSSR count). The number of benzene rings is 1. The Hall–Kier alpha value is -2.44. The number of pyridine rings is 1. The SMILES string of the molecule is COc1ccc(C(N)CC(=O)NC(CO)c2ccccc2C)cn1. The lowest BCUT2D eigenvalue weighted by atomic mass is 10.0. The number of rotatable bonds is 7. The van der Waals surface area contributed by atoms with Crippen LogP contribution < -0.4 is 15.8 Å². The van der Waals surface area contributed by atoms with E-state index in [0.29, 0.717) is 5.88 Å². The second kappa shape index (κ2) is 8.42. The Morgan fingerprint density at radius 2 is 2.08 bits per heavy atom. The molecule has 2 unspecified atom stereocenters. The Labute approximate surface area is 141 Å². The predicted molar refractivity (Wildman–Crippen MR) is 91.5 cm³/mol. The number of carbonyl (C=O) groups excluding carboxylic acids is 1. The van der Waals surface area contributed by atoms with Crippen LogP contribution in [0.25, 0.3) is 0 Å². The molecule has 0 fully saturated rings. The maximum atomic E-state index is 12.3. The van der Waals surface area contributed by atoms with Crippen molar-refractivity contribution in [3.63, 3.8) is 0 Å². The molecule has 0 aliphatic carbocycles. The Balaban J connectivity index is 1.99. The Morgan fingerprint density at radius 1 is 1.33 bits per heavy atom. The van der Waals surface area contributed by atoms with Crippen LogP contribution in [0.15, 0.2) is 42.6 Å². The van der Waals surface area contributed by atoms with Crippen molar-refractivity contribution in [3.05, 3.63) is 59.3 Å². The summed E-state index contributed by atoms with van der Waals surface area (Å²) < 4.78 is 5.00. The number of hydrogen-bond acceptors (Lipinski definition) is 5. The summed E-state index contributed by atoms with van der Waals surface area (Å²) in [5, 5.41) is 12.4. The normalized spacial score (nSPS) is 13.2. The molecule has 0 radical (unpaired) electrons. The minimum atomic E-state index is -0.473. The van der Waals surface area contributed by atoms with Gasteiger partial charge in [0.05, 0.1) is 19.8 Å². The summed E-state index contributed by atoms with van der Waals surface area (Å²) >= 11 is 0. The molecule has 1 aromatic heterocycles. The molecule has 1 amide bonds. The molecule has 0 saturated carbocycles. The minimum Gasteiger partial charge on any atom is -0.481 e. The Morgan fingerprint density at radius 3 is 2.67 bits per heavy atom. The number of aliphatic hydroxyl groups excluding tert-OH is 1. The first-order chi connectivity index (χ1) is 11.5. The van der Waals surface area contributed by atoms with Gasteiger partial charge in [-0.2, -0.15) is 0 Å². The number of amides is 1. The van der Waals surface area contributed by atoms with Gasteiger partial charge in [-0.1, -0.05) is 30.3 Å². The first-order valence-electron chi connectivity index (χ1n) is 7.76. The molecule has 1 aromatic carbocycles.